The standard InChI is InChI=1S/C17H15N5O/c1-12-2-3-13(8-15(12)22-7-6-19-11-22)9-20-17-21-14-4-5-18-10-16(14)23-17/h2-8,10-11H,9H2,1H3,(H,20,21). The van der Waals surface area contributed by atoms with Gasteiger partial charge in [-0.2, -0.15) is 4.98 Å². The van der Waals surface area contributed by atoms with E-state index in [4.69, 9.17) is 4.42 Å². The van der Waals surface area contributed by atoms with E-state index in [-0.39, 0.29) is 0 Å². The van der Waals surface area contributed by atoms with Crippen molar-refractivity contribution in [3.63, 3.8) is 0 Å². The van der Waals surface area contributed by atoms with Crippen molar-refractivity contribution in [1.29, 1.82) is 0 Å². The van der Waals surface area contributed by atoms with E-state index < -0.39 is 0 Å². The summed E-state index contributed by atoms with van der Waals surface area (Å²) in [4.78, 5) is 12.5. The number of aryl methyl sites for hydroxylation is 1. The van der Waals surface area contributed by atoms with Gasteiger partial charge in [0.25, 0.3) is 6.01 Å². The van der Waals surface area contributed by atoms with E-state index in [1.54, 1.807) is 24.9 Å². The number of nitrogens with one attached hydrogen (secondary N) is 1. The molecule has 0 amide bonds. The number of nitrogens with zero attached hydrogens (tertiary/aromatic N) is 4. The van der Waals surface area contributed by atoms with Gasteiger partial charge in [-0.3, -0.25) is 4.98 Å². The van der Waals surface area contributed by atoms with Crippen LogP contribution in [0.4, 0.5) is 6.01 Å². The van der Waals surface area contributed by atoms with Gasteiger partial charge in [-0.25, -0.2) is 4.98 Å². The Morgan fingerprint density at radius 3 is 2.96 bits per heavy atom. The van der Waals surface area contributed by atoms with Crippen LogP contribution >= 0.6 is 0 Å². The van der Waals surface area contributed by atoms with E-state index >= 15 is 0 Å². The topological polar surface area (TPSA) is 68.8 Å². The van der Waals surface area contributed by atoms with Crippen molar-refractivity contribution in [2.75, 3.05) is 5.32 Å². The maximum absolute atomic E-state index is 5.62. The number of fused-ring (bicyclic) bond motifs is 1. The first-order valence-corrected chi connectivity index (χ1v) is 7.32. The van der Waals surface area contributed by atoms with Crippen molar-refractivity contribution >= 4 is 17.1 Å². The Labute approximate surface area is 132 Å². The SMILES string of the molecule is Cc1ccc(CNc2nc3ccncc3o2)cc1-n1ccnc1. The molecule has 0 spiro atoms. The van der Waals surface area contributed by atoms with Gasteiger partial charge in [0.15, 0.2) is 5.58 Å². The first-order chi connectivity index (χ1) is 11.3. The zero-order chi connectivity index (χ0) is 15.6. The predicted octanol–water partition coefficient (Wildman–Crippen LogP) is 3.33. The van der Waals surface area contributed by atoms with Crippen molar-refractivity contribution in [2.24, 2.45) is 0 Å². The molecule has 0 aliphatic carbocycles. The van der Waals surface area contributed by atoms with Crippen molar-refractivity contribution in [1.82, 2.24) is 19.5 Å². The van der Waals surface area contributed by atoms with Gasteiger partial charge in [0, 0.05) is 30.8 Å². The van der Waals surface area contributed by atoms with Crippen molar-refractivity contribution in [3.05, 3.63) is 66.5 Å². The fraction of sp³-hybridized carbons (Fsp3) is 0.118. The molecular formula is C17H15N5O. The number of imidazole rings is 1. The quantitative estimate of drug-likeness (QED) is 0.626. The van der Waals surface area contributed by atoms with Crippen LogP contribution in [0.2, 0.25) is 0 Å². The zero-order valence-corrected chi connectivity index (χ0v) is 12.6. The molecule has 114 valence electrons. The maximum atomic E-state index is 5.62. The Kier molecular flexibility index (Phi) is 3.27. The third-order valence-electron chi connectivity index (χ3n) is 3.69. The smallest absolute Gasteiger partial charge is 0.296 e. The van der Waals surface area contributed by atoms with E-state index in [2.05, 4.69) is 45.4 Å². The number of anilines is 1. The summed E-state index contributed by atoms with van der Waals surface area (Å²) in [6, 6.07) is 8.65. The summed E-state index contributed by atoms with van der Waals surface area (Å²) in [6.45, 7) is 2.71. The Hall–Kier alpha value is -3.15. The second-order valence-electron chi connectivity index (χ2n) is 5.31. The average molecular weight is 305 g/mol. The molecule has 1 aromatic carbocycles. The average Bonchev–Trinajstić information content (AvgIpc) is 3.23. The van der Waals surface area contributed by atoms with Crippen LogP contribution in [0.15, 0.2) is 59.8 Å². The summed E-state index contributed by atoms with van der Waals surface area (Å²) in [5.41, 5.74) is 4.92. The normalized spacial score (nSPS) is 11.0. The molecule has 0 fully saturated rings. The number of hydrogen-bond donors (Lipinski definition) is 1. The minimum absolute atomic E-state index is 0.498. The first-order valence-electron chi connectivity index (χ1n) is 7.32. The van der Waals surface area contributed by atoms with E-state index in [0.717, 1.165) is 16.8 Å². The van der Waals surface area contributed by atoms with Crippen LogP contribution in [0.3, 0.4) is 0 Å². The molecular weight excluding hydrogens is 290 g/mol. The molecule has 4 rings (SSSR count). The molecule has 0 aliphatic rings. The number of rotatable bonds is 4. The van der Waals surface area contributed by atoms with Gasteiger partial charge in [-0.1, -0.05) is 12.1 Å². The van der Waals surface area contributed by atoms with Crippen molar-refractivity contribution < 1.29 is 4.42 Å². The van der Waals surface area contributed by atoms with Crippen LogP contribution in [0.25, 0.3) is 16.8 Å². The van der Waals surface area contributed by atoms with Crippen molar-refractivity contribution in [3.8, 4) is 5.69 Å². The molecule has 0 atom stereocenters. The molecule has 0 radical (unpaired) electrons. The maximum Gasteiger partial charge on any atom is 0.296 e. The van der Waals surface area contributed by atoms with Gasteiger partial charge < -0.3 is 14.3 Å². The summed E-state index contributed by atoms with van der Waals surface area (Å²) in [6.07, 6.45) is 8.87. The second kappa shape index (κ2) is 5.57. The molecule has 0 bridgehead atoms. The Bertz CT molecular complexity index is 910. The highest BCUT2D eigenvalue weighted by Crippen LogP contribution is 2.19. The number of oxazole rings is 1. The van der Waals surface area contributed by atoms with Crippen LogP contribution in [-0.4, -0.2) is 19.5 Å². The Balaban J connectivity index is 1.56. The van der Waals surface area contributed by atoms with Gasteiger partial charge in [0.05, 0.1) is 12.5 Å². The van der Waals surface area contributed by atoms with E-state index in [1.165, 1.54) is 5.56 Å². The fourth-order valence-electron chi connectivity index (χ4n) is 2.48. The molecule has 6 heteroatoms. The highest BCUT2D eigenvalue weighted by molar-refractivity contribution is 5.72. The molecule has 0 unspecified atom stereocenters. The molecule has 1 N–H and O–H groups in total. The third-order valence-corrected chi connectivity index (χ3v) is 3.69. The van der Waals surface area contributed by atoms with Gasteiger partial charge in [-0.15, -0.1) is 0 Å². The van der Waals surface area contributed by atoms with Gasteiger partial charge in [-0.05, 0) is 30.2 Å². The number of pyridine rings is 1. The lowest BCUT2D eigenvalue weighted by atomic mass is 10.1. The van der Waals surface area contributed by atoms with Crippen LogP contribution in [0, 0.1) is 6.92 Å². The van der Waals surface area contributed by atoms with Gasteiger partial charge in [0.2, 0.25) is 0 Å². The Morgan fingerprint density at radius 1 is 1.17 bits per heavy atom. The molecule has 0 aliphatic heterocycles. The van der Waals surface area contributed by atoms with Gasteiger partial charge >= 0.3 is 0 Å². The van der Waals surface area contributed by atoms with Gasteiger partial charge in [0.1, 0.15) is 5.52 Å². The highest BCUT2D eigenvalue weighted by atomic mass is 16.4. The largest absolute Gasteiger partial charge is 0.422 e. The highest BCUT2D eigenvalue weighted by Gasteiger charge is 2.06. The molecule has 0 saturated carbocycles. The molecule has 6 nitrogen and oxygen atoms in total. The minimum atomic E-state index is 0.498. The zero-order valence-electron chi connectivity index (χ0n) is 12.6. The molecule has 23 heavy (non-hydrogen) atoms. The monoisotopic (exact) mass is 305 g/mol. The number of hydrogen-bond acceptors (Lipinski definition) is 5. The second-order valence-corrected chi connectivity index (χ2v) is 5.31. The summed E-state index contributed by atoms with van der Waals surface area (Å²) in [7, 11) is 0. The summed E-state index contributed by atoms with van der Waals surface area (Å²) in [5, 5.41) is 3.21. The summed E-state index contributed by atoms with van der Waals surface area (Å²) < 4.78 is 7.62. The lowest BCUT2D eigenvalue weighted by Gasteiger charge is -2.09. The molecule has 4 aromatic rings. The van der Waals surface area contributed by atoms with Crippen LogP contribution in [0.1, 0.15) is 11.1 Å². The van der Waals surface area contributed by atoms with E-state index in [9.17, 15) is 0 Å². The number of aromatic nitrogens is 4. The predicted molar refractivity (Wildman–Crippen MR) is 87.4 cm³/mol. The van der Waals surface area contributed by atoms with E-state index in [1.807, 2.05) is 16.8 Å². The fourth-order valence-corrected chi connectivity index (χ4v) is 2.48. The minimum Gasteiger partial charge on any atom is -0.422 e. The number of benzene rings is 1. The van der Waals surface area contributed by atoms with Crippen molar-refractivity contribution in [2.45, 2.75) is 13.5 Å². The summed E-state index contributed by atoms with van der Waals surface area (Å²) >= 11 is 0. The Morgan fingerprint density at radius 2 is 2.13 bits per heavy atom. The summed E-state index contributed by atoms with van der Waals surface area (Å²) in [5.74, 6) is 0. The molecule has 0 saturated heterocycles. The lowest BCUT2D eigenvalue weighted by Crippen LogP contribution is -2.02. The molecule has 3 heterocycles. The van der Waals surface area contributed by atoms with Crippen LogP contribution < -0.4 is 5.32 Å². The lowest BCUT2D eigenvalue weighted by molar-refractivity contribution is 0.613. The van der Waals surface area contributed by atoms with Crippen LogP contribution in [0.5, 0.6) is 0 Å². The van der Waals surface area contributed by atoms with Crippen LogP contribution in [-0.2, 0) is 6.54 Å². The third kappa shape index (κ3) is 2.66. The van der Waals surface area contributed by atoms with E-state index in [0.29, 0.717) is 18.1 Å². The molecule has 3 aromatic heterocycles. The first kappa shape index (κ1) is 13.5.